The number of hydrogen-bond donors (Lipinski definition) is 1. The van der Waals surface area contributed by atoms with Gasteiger partial charge in [-0.2, -0.15) is 0 Å². The Morgan fingerprint density at radius 3 is 3.00 bits per heavy atom. The molecule has 116 valence electrons. The predicted octanol–water partition coefficient (Wildman–Crippen LogP) is 1.09. The molecule has 0 fully saturated rings. The van der Waals surface area contributed by atoms with Crippen LogP contribution in [0.1, 0.15) is 31.3 Å². The molecule has 0 saturated heterocycles. The Labute approximate surface area is 135 Å². The van der Waals surface area contributed by atoms with Gasteiger partial charge in [0.2, 0.25) is 5.91 Å². The number of nitrogens with two attached hydrogens (primary N) is 1. The van der Waals surface area contributed by atoms with Crippen molar-refractivity contribution >= 4 is 28.8 Å². The molecule has 0 spiro atoms. The number of rotatable bonds is 2. The van der Waals surface area contributed by atoms with Crippen molar-refractivity contribution in [1.82, 2.24) is 19.3 Å². The molecule has 3 aromatic rings. The molecule has 4 heterocycles. The zero-order valence-corrected chi connectivity index (χ0v) is 12.9. The molecule has 0 unspecified atom stereocenters. The number of aromatic nitrogens is 3. The fourth-order valence-corrected chi connectivity index (χ4v) is 3.97. The molecule has 3 aromatic heterocycles. The molecule has 0 atom stereocenters. The van der Waals surface area contributed by atoms with Crippen LogP contribution in [0.25, 0.3) is 5.65 Å². The molecule has 0 aromatic carbocycles. The third-order valence-electron chi connectivity index (χ3n) is 4.04. The summed E-state index contributed by atoms with van der Waals surface area (Å²) in [6.45, 7) is 1.05. The van der Waals surface area contributed by atoms with Gasteiger partial charge in [0.15, 0.2) is 5.65 Å². The zero-order valence-electron chi connectivity index (χ0n) is 12.1. The van der Waals surface area contributed by atoms with E-state index in [9.17, 15) is 9.59 Å². The lowest BCUT2D eigenvalue weighted by atomic mass is 10.0. The molecule has 0 saturated carbocycles. The number of thiophene rings is 1. The maximum absolute atomic E-state index is 12.8. The van der Waals surface area contributed by atoms with Crippen molar-refractivity contribution in [2.24, 2.45) is 5.73 Å². The summed E-state index contributed by atoms with van der Waals surface area (Å²) >= 11 is 1.48. The van der Waals surface area contributed by atoms with E-state index in [0.29, 0.717) is 36.4 Å². The first-order valence-electron chi connectivity index (χ1n) is 7.10. The fourth-order valence-electron chi connectivity index (χ4n) is 2.87. The molecule has 4 rings (SSSR count). The molecule has 23 heavy (non-hydrogen) atoms. The summed E-state index contributed by atoms with van der Waals surface area (Å²) in [5.41, 5.74) is 8.10. The first-order valence-corrected chi connectivity index (χ1v) is 7.98. The molecule has 2 amide bonds. The Morgan fingerprint density at radius 1 is 1.30 bits per heavy atom. The molecule has 0 aliphatic carbocycles. The van der Waals surface area contributed by atoms with Gasteiger partial charge in [-0.05, 0) is 12.0 Å². The van der Waals surface area contributed by atoms with Gasteiger partial charge in [0.1, 0.15) is 5.69 Å². The van der Waals surface area contributed by atoms with Gasteiger partial charge in [0.25, 0.3) is 5.91 Å². The fraction of sp³-hybridized carbons (Fsp3) is 0.200. The van der Waals surface area contributed by atoms with Gasteiger partial charge in [0, 0.05) is 29.2 Å². The number of amides is 2. The lowest BCUT2D eigenvalue weighted by Crippen LogP contribution is -2.36. The van der Waals surface area contributed by atoms with Gasteiger partial charge in [-0.25, -0.2) is 4.98 Å². The maximum atomic E-state index is 12.8. The molecule has 0 radical (unpaired) electrons. The zero-order chi connectivity index (χ0) is 16.0. The largest absolute Gasteiger partial charge is 0.366 e. The van der Waals surface area contributed by atoms with Gasteiger partial charge < -0.3 is 10.6 Å². The summed E-state index contributed by atoms with van der Waals surface area (Å²) in [5, 5.41) is 1.78. The number of imidazole rings is 1. The Balaban J connectivity index is 1.64. The van der Waals surface area contributed by atoms with Crippen molar-refractivity contribution in [2.75, 3.05) is 6.54 Å². The van der Waals surface area contributed by atoms with Gasteiger partial charge in [-0.3, -0.25) is 19.0 Å². The van der Waals surface area contributed by atoms with Crippen LogP contribution in [-0.4, -0.2) is 37.6 Å². The lowest BCUT2D eigenvalue weighted by molar-refractivity contribution is 0.0730. The van der Waals surface area contributed by atoms with E-state index in [1.54, 1.807) is 39.5 Å². The first kappa shape index (κ1) is 13.9. The first-order chi connectivity index (χ1) is 11.1. The molecular formula is C15H13N5O2S. The molecule has 0 bridgehead atoms. The second-order valence-corrected chi connectivity index (χ2v) is 6.30. The van der Waals surface area contributed by atoms with Crippen molar-refractivity contribution in [2.45, 2.75) is 13.0 Å². The Bertz CT molecular complexity index is 929. The van der Waals surface area contributed by atoms with Gasteiger partial charge in [-0.1, -0.05) is 0 Å². The van der Waals surface area contributed by atoms with Crippen LogP contribution < -0.4 is 5.73 Å². The van der Waals surface area contributed by atoms with Gasteiger partial charge >= 0.3 is 0 Å². The average Bonchev–Trinajstić information content (AvgIpc) is 3.17. The van der Waals surface area contributed by atoms with Crippen LogP contribution in [0.4, 0.5) is 0 Å². The van der Waals surface area contributed by atoms with E-state index in [1.165, 1.54) is 11.3 Å². The van der Waals surface area contributed by atoms with Crippen LogP contribution in [0.3, 0.4) is 0 Å². The SMILES string of the molecule is NC(=O)c1csc2c1CCN(C(=O)c1cnc3cnccn13)C2. The quantitative estimate of drug-likeness (QED) is 0.762. The van der Waals surface area contributed by atoms with E-state index in [1.807, 2.05) is 0 Å². The lowest BCUT2D eigenvalue weighted by Gasteiger charge is -2.27. The van der Waals surface area contributed by atoms with Gasteiger partial charge in [-0.15, -0.1) is 11.3 Å². The molecule has 7 nitrogen and oxygen atoms in total. The second-order valence-electron chi connectivity index (χ2n) is 5.34. The van der Waals surface area contributed by atoms with Gasteiger partial charge in [0.05, 0.1) is 24.5 Å². The Kier molecular flexibility index (Phi) is 3.12. The highest BCUT2D eigenvalue weighted by Crippen LogP contribution is 2.29. The monoisotopic (exact) mass is 327 g/mol. The number of hydrogen-bond acceptors (Lipinski definition) is 5. The molecule has 1 aliphatic rings. The van der Waals surface area contributed by atoms with Crippen molar-refractivity contribution in [3.63, 3.8) is 0 Å². The van der Waals surface area contributed by atoms with Crippen LogP contribution in [0, 0.1) is 0 Å². The number of carbonyl (C=O) groups is 2. The Hall–Kier alpha value is -2.74. The molecule has 2 N–H and O–H groups in total. The summed E-state index contributed by atoms with van der Waals surface area (Å²) < 4.78 is 1.73. The minimum Gasteiger partial charge on any atom is -0.366 e. The maximum Gasteiger partial charge on any atom is 0.272 e. The number of primary amides is 1. The number of carbonyl (C=O) groups excluding carboxylic acids is 2. The van der Waals surface area contributed by atoms with Crippen LogP contribution in [0.5, 0.6) is 0 Å². The van der Waals surface area contributed by atoms with Crippen molar-refractivity contribution in [3.8, 4) is 0 Å². The number of nitrogens with zero attached hydrogens (tertiary/aromatic N) is 4. The van der Waals surface area contributed by atoms with E-state index < -0.39 is 5.91 Å². The van der Waals surface area contributed by atoms with Crippen LogP contribution in [-0.2, 0) is 13.0 Å². The minimum absolute atomic E-state index is 0.0802. The summed E-state index contributed by atoms with van der Waals surface area (Å²) in [6, 6.07) is 0. The van der Waals surface area contributed by atoms with Crippen molar-refractivity contribution in [3.05, 3.63) is 51.9 Å². The average molecular weight is 327 g/mol. The topological polar surface area (TPSA) is 93.6 Å². The van der Waals surface area contributed by atoms with E-state index >= 15 is 0 Å². The third kappa shape index (κ3) is 2.18. The van der Waals surface area contributed by atoms with Crippen LogP contribution >= 0.6 is 11.3 Å². The van der Waals surface area contributed by atoms with E-state index in [0.717, 1.165) is 10.4 Å². The highest BCUT2D eigenvalue weighted by Gasteiger charge is 2.27. The number of fused-ring (bicyclic) bond motifs is 2. The standard InChI is InChI=1S/C15H13N5O2S/c16-14(21)10-8-23-12-7-19(3-1-9(10)12)15(22)11-5-18-13-6-17-2-4-20(11)13/h2,4-6,8H,1,3,7H2,(H2,16,21). The van der Waals surface area contributed by atoms with Crippen molar-refractivity contribution in [1.29, 1.82) is 0 Å². The minimum atomic E-state index is -0.406. The highest BCUT2D eigenvalue weighted by molar-refractivity contribution is 7.10. The summed E-state index contributed by atoms with van der Waals surface area (Å²) in [7, 11) is 0. The van der Waals surface area contributed by atoms with E-state index in [4.69, 9.17) is 5.73 Å². The van der Waals surface area contributed by atoms with E-state index in [2.05, 4.69) is 9.97 Å². The Morgan fingerprint density at radius 2 is 2.17 bits per heavy atom. The van der Waals surface area contributed by atoms with Crippen LogP contribution in [0.15, 0.2) is 30.2 Å². The molecular weight excluding hydrogens is 314 g/mol. The molecule has 1 aliphatic heterocycles. The molecule has 8 heteroatoms. The van der Waals surface area contributed by atoms with E-state index in [-0.39, 0.29) is 5.91 Å². The van der Waals surface area contributed by atoms with Crippen molar-refractivity contribution < 1.29 is 9.59 Å². The summed E-state index contributed by atoms with van der Waals surface area (Å²) in [6.07, 6.45) is 7.17. The predicted molar refractivity (Wildman–Crippen MR) is 84.3 cm³/mol. The smallest absolute Gasteiger partial charge is 0.272 e. The normalized spacial score (nSPS) is 14.0. The third-order valence-corrected chi connectivity index (χ3v) is 5.05. The highest BCUT2D eigenvalue weighted by atomic mass is 32.1. The second kappa shape index (κ2) is 5.17. The summed E-state index contributed by atoms with van der Waals surface area (Å²) in [5.74, 6) is -0.486. The van der Waals surface area contributed by atoms with Crippen LogP contribution in [0.2, 0.25) is 0 Å². The summed E-state index contributed by atoms with van der Waals surface area (Å²) in [4.78, 5) is 35.2.